The maximum Gasteiger partial charge on any atom is 0.0158 e. The second-order valence-corrected chi connectivity index (χ2v) is 7.87. The third-order valence-electron chi connectivity index (χ3n) is 3.42. The van der Waals surface area contributed by atoms with Crippen LogP contribution >= 0.6 is 35.0 Å². The molecular weight excluding hydrogens is 343 g/mol. The minimum absolute atomic E-state index is 0.649. The fraction of sp³-hybridized carbons (Fsp3) is 0.200. The molecule has 0 fully saturated rings. The maximum absolute atomic E-state index is 6.03. The van der Waals surface area contributed by atoms with Crippen molar-refractivity contribution >= 4 is 35.0 Å². The number of benzene rings is 2. The highest BCUT2D eigenvalue weighted by Gasteiger charge is 2.10. The highest BCUT2D eigenvalue weighted by molar-refractivity contribution is 7.99. The quantitative estimate of drug-likeness (QED) is 0.530. The molecule has 2 aromatic rings. The Morgan fingerprint density at radius 1 is 0.826 bits per heavy atom. The van der Waals surface area contributed by atoms with Crippen molar-refractivity contribution in [2.75, 3.05) is 0 Å². The molecule has 0 unspecified atom stereocenters. The standard InChI is InChI=1S/C20H20Cl2S/c1-13-5-7-19(17(9-13)11-15(3)21)23-20-8-6-14(2)10-18(20)12-16(4)22/h5-10H,3-4,11-12H2,1-2H3. The first-order chi connectivity index (χ1) is 10.8. The molecule has 0 heterocycles. The van der Waals surface area contributed by atoms with E-state index in [2.05, 4.69) is 63.4 Å². The molecule has 0 amide bonds. The summed E-state index contributed by atoms with van der Waals surface area (Å²) in [7, 11) is 0. The molecule has 0 nitrogen and oxygen atoms in total. The molecule has 0 aliphatic carbocycles. The first-order valence-electron chi connectivity index (χ1n) is 7.38. The zero-order valence-electron chi connectivity index (χ0n) is 13.5. The molecule has 0 N–H and O–H groups in total. The normalized spacial score (nSPS) is 10.6. The molecule has 3 heteroatoms. The Morgan fingerprint density at radius 3 is 1.57 bits per heavy atom. The van der Waals surface area contributed by atoms with Gasteiger partial charge in [0.2, 0.25) is 0 Å². The Bertz CT molecular complexity index is 684. The van der Waals surface area contributed by atoms with Gasteiger partial charge in [-0.2, -0.15) is 0 Å². The van der Waals surface area contributed by atoms with Crippen molar-refractivity contribution in [3.8, 4) is 0 Å². The lowest BCUT2D eigenvalue weighted by atomic mass is 10.1. The van der Waals surface area contributed by atoms with Crippen LogP contribution in [-0.4, -0.2) is 0 Å². The van der Waals surface area contributed by atoms with Crippen molar-refractivity contribution in [2.24, 2.45) is 0 Å². The second kappa shape index (κ2) is 8.10. The van der Waals surface area contributed by atoms with Gasteiger partial charge in [-0.15, -0.1) is 0 Å². The zero-order valence-corrected chi connectivity index (χ0v) is 15.8. The summed E-state index contributed by atoms with van der Waals surface area (Å²) in [4.78, 5) is 2.39. The molecule has 0 aromatic heterocycles. The average Bonchev–Trinajstić information content (AvgIpc) is 2.43. The number of hydrogen-bond acceptors (Lipinski definition) is 1. The fourth-order valence-corrected chi connectivity index (χ4v) is 3.75. The van der Waals surface area contributed by atoms with E-state index in [9.17, 15) is 0 Å². The predicted molar refractivity (Wildman–Crippen MR) is 104 cm³/mol. The maximum atomic E-state index is 6.03. The Balaban J connectivity index is 2.39. The summed E-state index contributed by atoms with van der Waals surface area (Å²) < 4.78 is 0. The molecule has 2 rings (SSSR count). The second-order valence-electron chi connectivity index (χ2n) is 5.71. The van der Waals surface area contributed by atoms with Gasteiger partial charge >= 0.3 is 0 Å². The monoisotopic (exact) mass is 362 g/mol. The van der Waals surface area contributed by atoms with Crippen molar-refractivity contribution in [1.29, 1.82) is 0 Å². The van der Waals surface area contributed by atoms with E-state index in [1.54, 1.807) is 11.8 Å². The Kier molecular flexibility index (Phi) is 6.41. The summed E-state index contributed by atoms with van der Waals surface area (Å²) in [5.41, 5.74) is 4.85. The molecule has 0 radical (unpaired) electrons. The largest absolute Gasteiger partial charge is 0.0895 e. The SMILES string of the molecule is C=C(Cl)Cc1cc(C)ccc1Sc1ccc(C)cc1CC(=C)Cl. The molecule has 0 saturated heterocycles. The molecule has 0 spiro atoms. The van der Waals surface area contributed by atoms with Crippen LogP contribution in [0.15, 0.2) is 69.4 Å². The smallest absolute Gasteiger partial charge is 0.0158 e. The zero-order chi connectivity index (χ0) is 17.0. The summed E-state index contributed by atoms with van der Waals surface area (Å²) in [5, 5.41) is 1.30. The molecule has 0 aliphatic rings. The van der Waals surface area contributed by atoms with Crippen molar-refractivity contribution in [3.63, 3.8) is 0 Å². The summed E-state index contributed by atoms with van der Waals surface area (Å²) in [6.45, 7) is 11.8. The highest BCUT2D eigenvalue weighted by Crippen LogP contribution is 2.35. The number of allylic oxidation sites excluding steroid dienone is 2. The van der Waals surface area contributed by atoms with Gasteiger partial charge in [0.05, 0.1) is 0 Å². The molecule has 0 bridgehead atoms. The number of rotatable bonds is 6. The van der Waals surface area contributed by atoms with E-state index in [4.69, 9.17) is 23.2 Å². The van der Waals surface area contributed by atoms with Crippen LogP contribution in [0.3, 0.4) is 0 Å². The minimum atomic E-state index is 0.649. The van der Waals surface area contributed by atoms with Crippen LogP contribution in [0.2, 0.25) is 0 Å². The highest BCUT2D eigenvalue weighted by atomic mass is 35.5. The van der Waals surface area contributed by atoms with E-state index in [0.29, 0.717) is 22.9 Å². The van der Waals surface area contributed by atoms with Crippen LogP contribution in [0, 0.1) is 13.8 Å². The summed E-state index contributed by atoms with van der Waals surface area (Å²) in [5.74, 6) is 0. The molecular formula is C20H20Cl2S. The lowest BCUT2D eigenvalue weighted by Crippen LogP contribution is -1.93. The Labute approximate surface area is 153 Å². The third-order valence-corrected chi connectivity index (χ3v) is 4.92. The van der Waals surface area contributed by atoms with Crippen molar-refractivity contribution in [2.45, 2.75) is 36.5 Å². The van der Waals surface area contributed by atoms with Crippen LogP contribution in [0.25, 0.3) is 0 Å². The number of halogens is 2. The van der Waals surface area contributed by atoms with E-state index in [1.165, 1.54) is 32.0 Å². The van der Waals surface area contributed by atoms with Gasteiger partial charge in [0.15, 0.2) is 0 Å². The van der Waals surface area contributed by atoms with Gasteiger partial charge in [-0.25, -0.2) is 0 Å². The van der Waals surface area contributed by atoms with Gasteiger partial charge < -0.3 is 0 Å². The van der Waals surface area contributed by atoms with Gasteiger partial charge in [-0.1, -0.05) is 83.5 Å². The molecule has 0 atom stereocenters. The minimum Gasteiger partial charge on any atom is -0.0895 e. The van der Waals surface area contributed by atoms with Crippen molar-refractivity contribution < 1.29 is 0 Å². The van der Waals surface area contributed by atoms with Crippen molar-refractivity contribution in [1.82, 2.24) is 0 Å². The average molecular weight is 363 g/mol. The Morgan fingerprint density at radius 2 is 1.22 bits per heavy atom. The fourth-order valence-electron chi connectivity index (χ4n) is 2.42. The van der Waals surface area contributed by atoms with E-state index < -0.39 is 0 Å². The van der Waals surface area contributed by atoms with Crippen LogP contribution in [0.4, 0.5) is 0 Å². The summed E-state index contributed by atoms with van der Waals surface area (Å²) in [6, 6.07) is 12.9. The molecule has 0 aliphatic heterocycles. The number of hydrogen-bond donors (Lipinski definition) is 0. The lowest BCUT2D eigenvalue weighted by molar-refractivity contribution is 1.12. The molecule has 2 aromatic carbocycles. The van der Waals surface area contributed by atoms with Gasteiger partial charge in [0.1, 0.15) is 0 Å². The first kappa shape index (κ1) is 18.2. The van der Waals surface area contributed by atoms with Crippen LogP contribution in [0.5, 0.6) is 0 Å². The van der Waals surface area contributed by atoms with Crippen molar-refractivity contribution in [3.05, 3.63) is 81.9 Å². The predicted octanol–water partition coefficient (Wildman–Crippen LogP) is 7.04. The van der Waals surface area contributed by atoms with E-state index in [-0.39, 0.29) is 0 Å². The van der Waals surface area contributed by atoms with Gasteiger partial charge in [0, 0.05) is 32.7 Å². The first-order valence-corrected chi connectivity index (χ1v) is 8.96. The molecule has 0 saturated carbocycles. The van der Waals surface area contributed by atoms with E-state index in [0.717, 1.165) is 0 Å². The summed E-state index contributed by atoms with van der Waals surface area (Å²) >= 11 is 13.8. The van der Waals surface area contributed by atoms with Gasteiger partial charge in [0.25, 0.3) is 0 Å². The van der Waals surface area contributed by atoms with Crippen LogP contribution < -0.4 is 0 Å². The molecule has 120 valence electrons. The van der Waals surface area contributed by atoms with Crippen LogP contribution in [0.1, 0.15) is 22.3 Å². The van der Waals surface area contributed by atoms with E-state index >= 15 is 0 Å². The summed E-state index contributed by atoms with van der Waals surface area (Å²) in [6.07, 6.45) is 1.35. The third kappa shape index (κ3) is 5.46. The topological polar surface area (TPSA) is 0 Å². The van der Waals surface area contributed by atoms with Gasteiger partial charge in [-0.05, 0) is 37.1 Å². The lowest BCUT2D eigenvalue weighted by Gasteiger charge is -2.13. The number of aryl methyl sites for hydroxylation is 2. The van der Waals surface area contributed by atoms with E-state index in [1.807, 2.05) is 0 Å². The van der Waals surface area contributed by atoms with Gasteiger partial charge in [-0.3, -0.25) is 0 Å². The van der Waals surface area contributed by atoms with Crippen LogP contribution in [-0.2, 0) is 12.8 Å². The molecule has 23 heavy (non-hydrogen) atoms. The Hall–Kier alpha value is -1.15.